The minimum absolute atomic E-state index is 0. The van der Waals surface area contributed by atoms with E-state index in [1.165, 1.54) is 0 Å². The topological polar surface area (TPSA) is 72.6 Å². The SMILES string of the molecule is COc1ccc(C(=O)C2CCN(C(=O)CCCN)CC2)cc1.Cl. The van der Waals surface area contributed by atoms with Gasteiger partial charge in [-0.3, -0.25) is 9.59 Å². The molecule has 6 heteroatoms. The standard InChI is InChI=1S/C17H24N2O3.ClH/c1-22-15-6-4-13(5-7-15)17(21)14-8-11-19(12-9-14)16(20)3-2-10-18;/h4-7,14H,2-3,8-12,18H2,1H3;1H. The molecule has 1 aromatic rings. The third-order valence-electron chi connectivity index (χ3n) is 4.19. The number of halogens is 1. The Morgan fingerprint density at radius 3 is 2.35 bits per heavy atom. The lowest BCUT2D eigenvalue weighted by molar-refractivity contribution is -0.132. The first-order valence-corrected chi connectivity index (χ1v) is 7.82. The van der Waals surface area contributed by atoms with E-state index >= 15 is 0 Å². The van der Waals surface area contributed by atoms with Gasteiger partial charge in [0.25, 0.3) is 0 Å². The van der Waals surface area contributed by atoms with Crippen LogP contribution in [0, 0.1) is 5.92 Å². The summed E-state index contributed by atoms with van der Waals surface area (Å²) >= 11 is 0. The molecule has 2 N–H and O–H groups in total. The molecule has 5 nitrogen and oxygen atoms in total. The number of hydrogen-bond acceptors (Lipinski definition) is 4. The Bertz CT molecular complexity index is 511. The molecule has 0 atom stereocenters. The van der Waals surface area contributed by atoms with Gasteiger partial charge in [-0.15, -0.1) is 12.4 Å². The summed E-state index contributed by atoms with van der Waals surface area (Å²) < 4.78 is 5.10. The number of nitrogens with two attached hydrogens (primary N) is 1. The maximum Gasteiger partial charge on any atom is 0.222 e. The first-order chi connectivity index (χ1) is 10.7. The Hall–Kier alpha value is -1.59. The van der Waals surface area contributed by atoms with Crippen LogP contribution >= 0.6 is 12.4 Å². The highest BCUT2D eigenvalue weighted by Gasteiger charge is 2.27. The first-order valence-electron chi connectivity index (χ1n) is 7.82. The van der Waals surface area contributed by atoms with Crippen molar-refractivity contribution in [3.8, 4) is 5.75 Å². The van der Waals surface area contributed by atoms with E-state index in [9.17, 15) is 9.59 Å². The predicted octanol–water partition coefficient (Wildman–Crippen LogP) is 2.28. The second-order valence-electron chi connectivity index (χ2n) is 5.64. The van der Waals surface area contributed by atoms with Crippen LogP contribution in [-0.4, -0.2) is 43.3 Å². The van der Waals surface area contributed by atoms with E-state index in [1.54, 1.807) is 31.4 Å². The smallest absolute Gasteiger partial charge is 0.222 e. The van der Waals surface area contributed by atoms with E-state index in [0.717, 1.165) is 25.0 Å². The summed E-state index contributed by atoms with van der Waals surface area (Å²) in [7, 11) is 1.61. The van der Waals surface area contributed by atoms with Gasteiger partial charge in [0.15, 0.2) is 5.78 Å². The monoisotopic (exact) mass is 340 g/mol. The van der Waals surface area contributed by atoms with E-state index in [-0.39, 0.29) is 30.0 Å². The van der Waals surface area contributed by atoms with Crippen molar-refractivity contribution in [3.63, 3.8) is 0 Å². The van der Waals surface area contributed by atoms with Crippen LogP contribution in [0.1, 0.15) is 36.0 Å². The molecule has 1 amide bonds. The molecule has 1 aromatic carbocycles. The lowest BCUT2D eigenvalue weighted by Gasteiger charge is -2.31. The summed E-state index contributed by atoms with van der Waals surface area (Å²) in [6.45, 7) is 1.87. The molecule has 0 aromatic heterocycles. The molecule has 2 rings (SSSR count). The van der Waals surface area contributed by atoms with Crippen LogP contribution in [0.5, 0.6) is 5.75 Å². The zero-order valence-electron chi connectivity index (χ0n) is 13.5. The van der Waals surface area contributed by atoms with Crippen molar-refractivity contribution >= 4 is 24.1 Å². The number of amides is 1. The number of Topliss-reactive ketones (excluding diaryl/α,β-unsaturated/α-hetero) is 1. The van der Waals surface area contributed by atoms with E-state index < -0.39 is 0 Å². The van der Waals surface area contributed by atoms with Gasteiger partial charge in [0.1, 0.15) is 5.75 Å². The van der Waals surface area contributed by atoms with Gasteiger partial charge in [-0.1, -0.05) is 0 Å². The summed E-state index contributed by atoms with van der Waals surface area (Å²) in [5.41, 5.74) is 6.15. The Kier molecular flexibility index (Phi) is 8.06. The second kappa shape index (κ2) is 9.53. The highest BCUT2D eigenvalue weighted by molar-refractivity contribution is 5.98. The normalized spacial score (nSPS) is 15.0. The summed E-state index contributed by atoms with van der Waals surface area (Å²) in [5.74, 6) is 1.07. The van der Waals surface area contributed by atoms with E-state index in [2.05, 4.69) is 0 Å². The maximum absolute atomic E-state index is 12.5. The number of benzene rings is 1. The number of nitrogens with zero attached hydrogens (tertiary/aromatic N) is 1. The minimum Gasteiger partial charge on any atom is -0.497 e. The Morgan fingerprint density at radius 2 is 1.83 bits per heavy atom. The Morgan fingerprint density at radius 1 is 1.22 bits per heavy atom. The lowest BCUT2D eigenvalue weighted by atomic mass is 9.88. The van der Waals surface area contributed by atoms with Gasteiger partial charge in [-0.05, 0) is 50.1 Å². The van der Waals surface area contributed by atoms with Crippen LogP contribution in [0.4, 0.5) is 0 Å². The van der Waals surface area contributed by atoms with E-state index in [0.29, 0.717) is 31.6 Å². The van der Waals surface area contributed by atoms with Gasteiger partial charge in [0.05, 0.1) is 7.11 Å². The fourth-order valence-corrected chi connectivity index (χ4v) is 2.79. The van der Waals surface area contributed by atoms with E-state index in [1.807, 2.05) is 4.90 Å². The number of piperidine rings is 1. The quantitative estimate of drug-likeness (QED) is 0.806. The zero-order valence-corrected chi connectivity index (χ0v) is 14.3. The van der Waals surface area contributed by atoms with Crippen LogP contribution in [0.15, 0.2) is 24.3 Å². The summed E-state index contributed by atoms with van der Waals surface area (Å²) in [6, 6.07) is 7.22. The molecule has 0 unspecified atom stereocenters. The largest absolute Gasteiger partial charge is 0.497 e. The Balaban J connectivity index is 0.00000264. The van der Waals surface area contributed by atoms with Crippen molar-refractivity contribution in [2.45, 2.75) is 25.7 Å². The number of carbonyl (C=O) groups is 2. The van der Waals surface area contributed by atoms with Gasteiger partial charge in [0, 0.05) is 31.0 Å². The van der Waals surface area contributed by atoms with Crippen LogP contribution in [0.2, 0.25) is 0 Å². The minimum atomic E-state index is 0. The van der Waals surface area contributed by atoms with Crippen molar-refractivity contribution in [3.05, 3.63) is 29.8 Å². The number of ketones is 1. The molecule has 0 bridgehead atoms. The van der Waals surface area contributed by atoms with Gasteiger partial charge in [-0.25, -0.2) is 0 Å². The second-order valence-corrected chi connectivity index (χ2v) is 5.64. The van der Waals surface area contributed by atoms with Crippen LogP contribution in [0.25, 0.3) is 0 Å². The number of ether oxygens (including phenoxy) is 1. The fraction of sp³-hybridized carbons (Fsp3) is 0.529. The fourth-order valence-electron chi connectivity index (χ4n) is 2.79. The van der Waals surface area contributed by atoms with Crippen LogP contribution in [0.3, 0.4) is 0 Å². The molecule has 0 saturated carbocycles. The van der Waals surface area contributed by atoms with Gasteiger partial charge < -0.3 is 15.4 Å². The molecule has 1 fully saturated rings. The van der Waals surface area contributed by atoms with Crippen molar-refractivity contribution < 1.29 is 14.3 Å². The average Bonchev–Trinajstić information content (AvgIpc) is 2.59. The number of hydrogen-bond donors (Lipinski definition) is 1. The number of rotatable bonds is 6. The predicted molar refractivity (Wildman–Crippen MR) is 92.2 cm³/mol. The maximum atomic E-state index is 12.5. The van der Waals surface area contributed by atoms with Crippen molar-refractivity contribution in [1.82, 2.24) is 4.90 Å². The third kappa shape index (κ3) is 5.22. The highest BCUT2D eigenvalue weighted by atomic mass is 35.5. The van der Waals surface area contributed by atoms with Gasteiger partial charge in [-0.2, -0.15) is 0 Å². The summed E-state index contributed by atoms with van der Waals surface area (Å²) in [5, 5.41) is 0. The number of likely N-dealkylation sites (tertiary alicyclic amines) is 1. The Labute approximate surface area is 143 Å². The molecule has 0 radical (unpaired) electrons. The van der Waals surface area contributed by atoms with Crippen molar-refractivity contribution in [2.24, 2.45) is 11.7 Å². The van der Waals surface area contributed by atoms with Crippen LogP contribution < -0.4 is 10.5 Å². The van der Waals surface area contributed by atoms with E-state index in [4.69, 9.17) is 10.5 Å². The van der Waals surface area contributed by atoms with Crippen LogP contribution in [-0.2, 0) is 4.79 Å². The molecule has 23 heavy (non-hydrogen) atoms. The van der Waals surface area contributed by atoms with Gasteiger partial charge >= 0.3 is 0 Å². The third-order valence-corrected chi connectivity index (χ3v) is 4.19. The number of methoxy groups -OCH3 is 1. The molecule has 1 saturated heterocycles. The molecule has 0 spiro atoms. The van der Waals surface area contributed by atoms with Gasteiger partial charge in [0.2, 0.25) is 5.91 Å². The van der Waals surface area contributed by atoms with Crippen molar-refractivity contribution in [1.29, 1.82) is 0 Å². The molecule has 1 aliphatic rings. The lowest BCUT2D eigenvalue weighted by Crippen LogP contribution is -2.40. The van der Waals surface area contributed by atoms with Crippen molar-refractivity contribution in [2.75, 3.05) is 26.7 Å². The first kappa shape index (κ1) is 19.5. The molecule has 1 aliphatic heterocycles. The highest BCUT2D eigenvalue weighted by Crippen LogP contribution is 2.23. The molecular formula is C17H25ClN2O3. The summed E-state index contributed by atoms with van der Waals surface area (Å²) in [4.78, 5) is 26.3. The molecule has 1 heterocycles. The number of carbonyl (C=O) groups excluding carboxylic acids is 2. The molecular weight excluding hydrogens is 316 g/mol. The molecule has 128 valence electrons. The average molecular weight is 341 g/mol. The zero-order chi connectivity index (χ0) is 15.9. The molecule has 0 aliphatic carbocycles. The summed E-state index contributed by atoms with van der Waals surface area (Å²) in [6.07, 6.45) is 2.70.